The standard InChI is InChI=1S/C24H23F2NO2/c1-16(28)5-3-2-4-6-18-9-13-21(24(26)23(18)25)19-10-14-22(27-15-19)17-7-11-20(29)12-8-17/h4,6-16,28-29H,2-3,5H2,1H3/b6-4+. The maximum absolute atomic E-state index is 14.6. The zero-order valence-corrected chi connectivity index (χ0v) is 16.1. The molecule has 0 aliphatic heterocycles. The van der Waals surface area contributed by atoms with E-state index in [1.165, 1.54) is 6.20 Å². The Labute approximate surface area is 169 Å². The van der Waals surface area contributed by atoms with Crippen LogP contribution in [0.2, 0.25) is 0 Å². The van der Waals surface area contributed by atoms with Crippen LogP contribution in [0.15, 0.2) is 60.8 Å². The molecule has 3 nitrogen and oxygen atoms in total. The summed E-state index contributed by atoms with van der Waals surface area (Å²) in [7, 11) is 0. The fourth-order valence-electron chi connectivity index (χ4n) is 3.01. The zero-order valence-electron chi connectivity index (χ0n) is 16.1. The van der Waals surface area contributed by atoms with E-state index in [9.17, 15) is 19.0 Å². The second kappa shape index (κ2) is 9.43. The largest absolute Gasteiger partial charge is 0.508 e. The van der Waals surface area contributed by atoms with Crippen molar-refractivity contribution in [2.45, 2.75) is 32.3 Å². The third-order valence-corrected chi connectivity index (χ3v) is 4.64. The van der Waals surface area contributed by atoms with Gasteiger partial charge in [0, 0.05) is 28.5 Å². The summed E-state index contributed by atoms with van der Waals surface area (Å²) < 4.78 is 29.1. The Kier molecular flexibility index (Phi) is 6.73. The maximum Gasteiger partial charge on any atom is 0.167 e. The van der Waals surface area contributed by atoms with E-state index in [2.05, 4.69) is 4.98 Å². The number of phenols is 1. The third kappa shape index (κ3) is 5.27. The molecule has 0 spiro atoms. The Bertz CT molecular complexity index is 981. The topological polar surface area (TPSA) is 53.4 Å². The highest BCUT2D eigenvalue weighted by Gasteiger charge is 2.14. The van der Waals surface area contributed by atoms with Gasteiger partial charge in [-0.2, -0.15) is 0 Å². The van der Waals surface area contributed by atoms with Crippen molar-refractivity contribution >= 4 is 6.08 Å². The van der Waals surface area contributed by atoms with Crippen LogP contribution in [0.4, 0.5) is 8.78 Å². The van der Waals surface area contributed by atoms with E-state index in [-0.39, 0.29) is 23.0 Å². The predicted molar refractivity (Wildman–Crippen MR) is 111 cm³/mol. The number of aliphatic hydroxyl groups excluding tert-OH is 1. The molecule has 2 N–H and O–H groups in total. The normalized spacial score (nSPS) is 12.4. The average molecular weight is 395 g/mol. The number of aromatic nitrogens is 1. The van der Waals surface area contributed by atoms with Gasteiger partial charge < -0.3 is 10.2 Å². The summed E-state index contributed by atoms with van der Waals surface area (Å²) >= 11 is 0. The first kappa shape index (κ1) is 20.7. The quantitative estimate of drug-likeness (QED) is 0.485. The monoisotopic (exact) mass is 395 g/mol. The van der Waals surface area contributed by atoms with Gasteiger partial charge in [0.15, 0.2) is 11.6 Å². The van der Waals surface area contributed by atoms with Gasteiger partial charge in [-0.3, -0.25) is 4.98 Å². The summed E-state index contributed by atoms with van der Waals surface area (Å²) in [4.78, 5) is 4.33. The Balaban J connectivity index is 1.76. The molecule has 3 aromatic rings. The fraction of sp³-hybridized carbons (Fsp3) is 0.208. The molecule has 0 bridgehead atoms. The molecule has 2 aromatic carbocycles. The minimum absolute atomic E-state index is 0.151. The van der Waals surface area contributed by atoms with Gasteiger partial charge >= 0.3 is 0 Å². The van der Waals surface area contributed by atoms with E-state index in [1.807, 2.05) is 0 Å². The second-order valence-corrected chi connectivity index (χ2v) is 6.99. The molecule has 0 radical (unpaired) electrons. The number of nitrogens with zero attached hydrogens (tertiary/aromatic N) is 1. The first-order chi connectivity index (χ1) is 14.0. The van der Waals surface area contributed by atoms with Crippen LogP contribution in [0.25, 0.3) is 28.5 Å². The predicted octanol–water partition coefficient (Wildman–Crippen LogP) is 5.96. The SMILES string of the molecule is CC(O)CCC/C=C/c1ccc(-c2ccc(-c3ccc(O)cc3)nc2)c(F)c1F. The summed E-state index contributed by atoms with van der Waals surface area (Å²) in [6.45, 7) is 1.73. The minimum atomic E-state index is -0.907. The van der Waals surface area contributed by atoms with E-state index in [1.54, 1.807) is 67.6 Å². The second-order valence-electron chi connectivity index (χ2n) is 6.99. The van der Waals surface area contributed by atoms with Gasteiger partial charge in [0.1, 0.15) is 5.75 Å². The van der Waals surface area contributed by atoms with Crippen LogP contribution in [0.1, 0.15) is 31.7 Å². The molecule has 0 aliphatic carbocycles. The highest BCUT2D eigenvalue weighted by atomic mass is 19.2. The summed E-state index contributed by atoms with van der Waals surface area (Å²) in [5.41, 5.74) is 2.32. The number of aliphatic hydroxyl groups is 1. The van der Waals surface area contributed by atoms with E-state index in [0.717, 1.165) is 12.0 Å². The van der Waals surface area contributed by atoms with Gasteiger partial charge in [-0.05, 0) is 56.5 Å². The van der Waals surface area contributed by atoms with Crippen molar-refractivity contribution in [3.63, 3.8) is 0 Å². The van der Waals surface area contributed by atoms with Crippen molar-refractivity contribution < 1.29 is 19.0 Å². The molecule has 29 heavy (non-hydrogen) atoms. The molecule has 1 atom stereocenters. The third-order valence-electron chi connectivity index (χ3n) is 4.64. The lowest BCUT2D eigenvalue weighted by molar-refractivity contribution is 0.182. The molecule has 0 saturated carbocycles. The molecule has 5 heteroatoms. The smallest absolute Gasteiger partial charge is 0.167 e. The molecule has 0 fully saturated rings. The van der Waals surface area contributed by atoms with Gasteiger partial charge in [0.25, 0.3) is 0 Å². The summed E-state index contributed by atoms with van der Waals surface area (Å²) in [5, 5.41) is 18.6. The van der Waals surface area contributed by atoms with Crippen LogP contribution in [0, 0.1) is 11.6 Å². The molecule has 150 valence electrons. The molecule has 0 amide bonds. The Morgan fingerprint density at radius 2 is 1.69 bits per heavy atom. The van der Waals surface area contributed by atoms with E-state index >= 15 is 0 Å². The number of unbranched alkanes of at least 4 members (excludes halogenated alkanes) is 1. The van der Waals surface area contributed by atoms with E-state index in [0.29, 0.717) is 24.1 Å². The van der Waals surface area contributed by atoms with Crippen LogP contribution < -0.4 is 0 Å². The van der Waals surface area contributed by atoms with Crippen LogP contribution in [-0.2, 0) is 0 Å². The van der Waals surface area contributed by atoms with Crippen molar-refractivity contribution in [2.75, 3.05) is 0 Å². The van der Waals surface area contributed by atoms with Crippen LogP contribution in [0.3, 0.4) is 0 Å². The Morgan fingerprint density at radius 3 is 2.34 bits per heavy atom. The number of halogens is 2. The number of benzene rings is 2. The van der Waals surface area contributed by atoms with Crippen molar-refractivity contribution in [1.29, 1.82) is 0 Å². The highest BCUT2D eigenvalue weighted by molar-refractivity contribution is 5.69. The molecular weight excluding hydrogens is 372 g/mol. The molecule has 1 aromatic heterocycles. The van der Waals surface area contributed by atoms with Crippen LogP contribution >= 0.6 is 0 Å². The molecular formula is C24H23F2NO2. The van der Waals surface area contributed by atoms with Crippen LogP contribution in [-0.4, -0.2) is 21.3 Å². The number of rotatable bonds is 7. The van der Waals surface area contributed by atoms with Gasteiger partial charge in [0.05, 0.1) is 11.8 Å². The van der Waals surface area contributed by atoms with Crippen molar-refractivity contribution in [3.8, 4) is 28.1 Å². The molecule has 3 rings (SSSR count). The summed E-state index contributed by atoms with van der Waals surface area (Å²) in [6.07, 6.45) is 6.65. The number of allylic oxidation sites excluding steroid dienone is 1. The van der Waals surface area contributed by atoms with Crippen LogP contribution in [0.5, 0.6) is 5.75 Å². The molecule has 0 aliphatic rings. The molecule has 0 saturated heterocycles. The van der Waals surface area contributed by atoms with Gasteiger partial charge in [-0.1, -0.05) is 30.4 Å². The molecule has 1 unspecified atom stereocenters. The van der Waals surface area contributed by atoms with Crippen molar-refractivity contribution in [3.05, 3.63) is 78.0 Å². The van der Waals surface area contributed by atoms with Crippen molar-refractivity contribution in [1.82, 2.24) is 4.98 Å². The Hall–Kier alpha value is -3.05. The van der Waals surface area contributed by atoms with E-state index < -0.39 is 11.6 Å². The average Bonchev–Trinajstić information content (AvgIpc) is 2.71. The minimum Gasteiger partial charge on any atom is -0.508 e. The lowest BCUT2D eigenvalue weighted by Gasteiger charge is -2.08. The lowest BCUT2D eigenvalue weighted by atomic mass is 10.0. The lowest BCUT2D eigenvalue weighted by Crippen LogP contribution is -1.97. The summed E-state index contributed by atoms with van der Waals surface area (Å²) in [6, 6.07) is 13.1. The summed E-state index contributed by atoms with van der Waals surface area (Å²) in [5.74, 6) is -1.63. The van der Waals surface area contributed by atoms with Gasteiger partial charge in [-0.15, -0.1) is 0 Å². The van der Waals surface area contributed by atoms with E-state index in [4.69, 9.17) is 0 Å². The molecule has 1 heterocycles. The first-order valence-corrected chi connectivity index (χ1v) is 9.54. The maximum atomic E-state index is 14.6. The number of pyridine rings is 1. The number of aromatic hydroxyl groups is 1. The number of hydrogen-bond acceptors (Lipinski definition) is 3. The number of phenolic OH excluding ortho intramolecular Hbond substituents is 1. The number of hydrogen-bond donors (Lipinski definition) is 2. The highest BCUT2D eigenvalue weighted by Crippen LogP contribution is 2.28. The first-order valence-electron chi connectivity index (χ1n) is 9.54. The fourth-order valence-corrected chi connectivity index (χ4v) is 3.01. The van der Waals surface area contributed by atoms with Gasteiger partial charge in [0.2, 0.25) is 0 Å². The Morgan fingerprint density at radius 1 is 0.966 bits per heavy atom. The van der Waals surface area contributed by atoms with Crippen molar-refractivity contribution in [2.24, 2.45) is 0 Å². The zero-order chi connectivity index (χ0) is 20.8. The van der Waals surface area contributed by atoms with Gasteiger partial charge in [-0.25, -0.2) is 8.78 Å².